The average Bonchev–Trinajstić information content (AvgIpc) is 3.43. The number of nitrogen functional groups attached to an aromatic ring is 1. The van der Waals surface area contributed by atoms with E-state index in [1.165, 1.54) is 31.4 Å². The molecule has 5 rings (SSSR count). The van der Waals surface area contributed by atoms with Gasteiger partial charge in [-0.1, -0.05) is 17.3 Å². The molecule has 0 saturated carbocycles. The summed E-state index contributed by atoms with van der Waals surface area (Å²) in [6.07, 6.45) is 0. The highest BCUT2D eigenvalue weighted by Gasteiger charge is 2.54. The molecule has 4 heterocycles. The van der Waals surface area contributed by atoms with E-state index in [1.54, 1.807) is 12.1 Å². The van der Waals surface area contributed by atoms with Crippen molar-refractivity contribution in [3.05, 3.63) is 62.5 Å². The molecule has 8 N–H and O–H groups in total. The third-order valence-corrected chi connectivity index (χ3v) is 8.98. The largest absolute Gasteiger partial charge is 0.503 e. The van der Waals surface area contributed by atoms with E-state index in [0.717, 1.165) is 28.0 Å². The molecule has 1 fully saturated rings. The lowest BCUT2D eigenvalue weighted by Gasteiger charge is -2.49. The van der Waals surface area contributed by atoms with Gasteiger partial charge in [0.1, 0.15) is 22.8 Å². The summed E-state index contributed by atoms with van der Waals surface area (Å²) < 4.78 is 0. The van der Waals surface area contributed by atoms with Crippen LogP contribution in [-0.2, 0) is 24.0 Å². The van der Waals surface area contributed by atoms with E-state index in [9.17, 15) is 44.1 Å². The average molecular weight is 672 g/mol. The van der Waals surface area contributed by atoms with Gasteiger partial charge in [-0.3, -0.25) is 24.1 Å². The Bertz CT molecular complexity index is 1930. The lowest BCUT2D eigenvalue weighted by molar-refractivity contribution is -0.161. The van der Waals surface area contributed by atoms with Crippen LogP contribution < -0.4 is 21.9 Å². The first-order valence-corrected chi connectivity index (χ1v) is 15.2. The minimum atomic E-state index is -1.81. The van der Waals surface area contributed by atoms with Crippen molar-refractivity contribution in [2.45, 2.75) is 30.9 Å². The highest BCUT2D eigenvalue weighted by Crippen LogP contribution is 2.40. The number of thioether (sulfide) groups is 1. The van der Waals surface area contributed by atoms with Crippen molar-refractivity contribution >= 4 is 74.5 Å². The Morgan fingerprint density at radius 2 is 1.98 bits per heavy atom. The number of amides is 3. The number of nitrogens with two attached hydrogens (primary N) is 1. The van der Waals surface area contributed by atoms with Gasteiger partial charge in [0, 0.05) is 23.1 Å². The van der Waals surface area contributed by atoms with Gasteiger partial charge < -0.3 is 41.5 Å². The number of aromatic hydroxyl groups is 1. The van der Waals surface area contributed by atoms with E-state index < -0.39 is 63.7 Å². The highest BCUT2D eigenvalue weighted by atomic mass is 32.2. The second kappa shape index (κ2) is 12.2. The minimum absolute atomic E-state index is 0.0302. The Morgan fingerprint density at radius 3 is 2.63 bits per heavy atom. The third kappa shape index (κ3) is 5.96. The summed E-state index contributed by atoms with van der Waals surface area (Å²) in [7, 11) is 0. The number of β-lactam (4-membered cyclic amide) rings is 1. The summed E-state index contributed by atoms with van der Waals surface area (Å²) in [5.74, 6) is -5.56. The second-order valence-electron chi connectivity index (χ2n) is 10.5. The molecule has 1 unspecified atom stereocenters. The fourth-order valence-electron chi connectivity index (χ4n) is 4.52. The van der Waals surface area contributed by atoms with Gasteiger partial charge in [-0.25, -0.2) is 14.6 Å². The number of carboxylic acids is 2. The van der Waals surface area contributed by atoms with Gasteiger partial charge in [-0.15, -0.1) is 23.1 Å². The van der Waals surface area contributed by atoms with Crippen LogP contribution in [0.5, 0.6) is 5.75 Å². The summed E-state index contributed by atoms with van der Waals surface area (Å²) in [4.78, 5) is 87.7. The third-order valence-electron chi connectivity index (χ3n) is 6.96. The van der Waals surface area contributed by atoms with E-state index in [2.05, 4.69) is 25.8 Å². The number of aromatic nitrogens is 2. The monoisotopic (exact) mass is 671 g/mol. The number of aromatic amines is 1. The van der Waals surface area contributed by atoms with Crippen LogP contribution in [0.4, 0.5) is 5.13 Å². The maximum atomic E-state index is 13.3. The normalized spacial score (nSPS) is 18.1. The standard InChI is InChI=1S/C27H25N7O10S2/c1-27(2,25(42)43)44-33-16(13-9-46-26(28)30-13)21(38)32-17-22(39)34-18(24(40)41)11(8-45-23(17)34)7-29-19(36)12-5-3-4-10-6-14(35)20(37)31-15(10)12/h3-6,9,17,23,35H,7-8H2,1-2H3,(H2,28,30)(H,29,36)(H,31,37)(H,32,38)(H,40,41)(H,42,43)/b33-16-/t17?,23-/m0/s1. The van der Waals surface area contributed by atoms with Crippen molar-refractivity contribution in [1.29, 1.82) is 0 Å². The summed E-state index contributed by atoms with van der Waals surface area (Å²) in [5, 5.41) is 38.9. The van der Waals surface area contributed by atoms with E-state index in [0.29, 0.717) is 5.39 Å². The molecule has 46 heavy (non-hydrogen) atoms. The molecule has 2 aliphatic heterocycles. The van der Waals surface area contributed by atoms with Crippen molar-refractivity contribution in [2.24, 2.45) is 5.16 Å². The number of carbonyl (C=O) groups is 5. The number of hydrogen-bond acceptors (Lipinski definition) is 13. The van der Waals surface area contributed by atoms with Gasteiger partial charge in [0.05, 0.1) is 11.1 Å². The first-order valence-electron chi connectivity index (χ1n) is 13.2. The number of aliphatic carboxylic acids is 2. The number of benzene rings is 1. The molecule has 0 spiro atoms. The van der Waals surface area contributed by atoms with E-state index in [4.69, 9.17) is 10.6 Å². The molecule has 1 aromatic carbocycles. The van der Waals surface area contributed by atoms with Crippen LogP contribution >= 0.6 is 23.1 Å². The number of rotatable bonds is 10. The van der Waals surface area contributed by atoms with Crippen molar-refractivity contribution in [2.75, 3.05) is 18.0 Å². The van der Waals surface area contributed by atoms with Crippen LogP contribution in [0.3, 0.4) is 0 Å². The summed E-state index contributed by atoms with van der Waals surface area (Å²) in [5.41, 5.74) is 2.71. The second-order valence-corrected chi connectivity index (χ2v) is 12.5. The molecule has 17 nitrogen and oxygen atoms in total. The van der Waals surface area contributed by atoms with Gasteiger partial charge in [-0.2, -0.15) is 0 Å². The number of carboxylic acid groups (broad SMARTS) is 2. The Hall–Kier alpha value is -5.43. The molecule has 2 aromatic heterocycles. The first kappa shape index (κ1) is 32.0. The number of oxime groups is 1. The maximum absolute atomic E-state index is 13.3. The molecule has 2 aliphatic rings. The smallest absolute Gasteiger partial charge is 0.352 e. The maximum Gasteiger partial charge on any atom is 0.352 e. The fourth-order valence-corrected chi connectivity index (χ4v) is 6.41. The van der Waals surface area contributed by atoms with Crippen molar-refractivity contribution in [3.63, 3.8) is 0 Å². The van der Waals surface area contributed by atoms with Crippen molar-refractivity contribution in [1.82, 2.24) is 25.5 Å². The van der Waals surface area contributed by atoms with Gasteiger partial charge in [0.2, 0.25) is 5.60 Å². The number of pyridine rings is 1. The molecule has 0 radical (unpaired) electrons. The van der Waals surface area contributed by atoms with Crippen molar-refractivity contribution < 1.29 is 44.1 Å². The van der Waals surface area contributed by atoms with Gasteiger partial charge in [0.25, 0.3) is 23.3 Å². The van der Waals surface area contributed by atoms with Crippen LogP contribution in [0.1, 0.15) is 29.9 Å². The van der Waals surface area contributed by atoms with Crippen LogP contribution in [0.25, 0.3) is 10.9 Å². The molecule has 240 valence electrons. The number of carbonyl (C=O) groups excluding carboxylic acids is 3. The van der Waals surface area contributed by atoms with Crippen LogP contribution in [0.15, 0.2) is 50.9 Å². The molecule has 3 aromatic rings. The number of para-hydroxylation sites is 1. The fraction of sp³-hybridized carbons (Fsp3) is 0.259. The van der Waals surface area contributed by atoms with E-state index >= 15 is 0 Å². The predicted molar refractivity (Wildman–Crippen MR) is 164 cm³/mol. The zero-order valence-electron chi connectivity index (χ0n) is 23.9. The molecule has 2 atom stereocenters. The molecule has 0 bridgehead atoms. The Morgan fingerprint density at radius 1 is 1.24 bits per heavy atom. The van der Waals surface area contributed by atoms with Crippen LogP contribution in [-0.4, -0.2) is 94.9 Å². The van der Waals surface area contributed by atoms with Crippen LogP contribution in [0.2, 0.25) is 0 Å². The number of fused-ring (bicyclic) bond motifs is 2. The molecule has 3 amide bonds. The number of anilines is 1. The van der Waals surface area contributed by atoms with Gasteiger partial charge in [0.15, 0.2) is 16.6 Å². The number of nitrogens with zero attached hydrogens (tertiary/aromatic N) is 3. The summed E-state index contributed by atoms with van der Waals surface area (Å²) >= 11 is 2.13. The highest BCUT2D eigenvalue weighted by molar-refractivity contribution is 8.00. The molecular weight excluding hydrogens is 646 g/mol. The predicted octanol–water partition coefficient (Wildman–Crippen LogP) is 0.0249. The first-order chi connectivity index (χ1) is 21.7. The Kier molecular flexibility index (Phi) is 8.46. The SMILES string of the molecule is CC(C)(O/N=C(\C(=O)NC1C(=O)N2C(C(=O)O)=C(CNC(=O)c3cccc4cc(O)c(=O)[nH]c34)CS[C@@H]12)c1csc(N)n1)C(=O)O. The summed E-state index contributed by atoms with van der Waals surface area (Å²) in [6.45, 7) is 2.17. The topological polar surface area (TPSA) is 267 Å². The van der Waals surface area contributed by atoms with E-state index in [1.807, 2.05) is 0 Å². The van der Waals surface area contributed by atoms with Gasteiger partial charge in [-0.05, 0) is 31.6 Å². The number of H-pyrrole nitrogens is 1. The zero-order valence-corrected chi connectivity index (χ0v) is 25.5. The molecule has 19 heteroatoms. The Labute approximate surface area is 266 Å². The quantitative estimate of drug-likeness (QED) is 0.0853. The van der Waals surface area contributed by atoms with Crippen molar-refractivity contribution in [3.8, 4) is 5.75 Å². The number of nitrogens with one attached hydrogen (secondary N) is 3. The lowest BCUT2D eigenvalue weighted by atomic mass is 10.0. The lowest BCUT2D eigenvalue weighted by Crippen LogP contribution is -2.71. The molecule has 0 aliphatic carbocycles. The number of hydrogen-bond donors (Lipinski definition) is 7. The molecule has 1 saturated heterocycles. The molecular formula is C27H25N7O10S2. The van der Waals surface area contributed by atoms with Crippen LogP contribution in [0, 0.1) is 0 Å². The summed E-state index contributed by atoms with van der Waals surface area (Å²) in [6, 6.07) is 4.61. The van der Waals surface area contributed by atoms with E-state index in [-0.39, 0.29) is 45.5 Å². The number of thiazole rings is 1. The van der Waals surface area contributed by atoms with Gasteiger partial charge >= 0.3 is 11.9 Å². The Balaban J connectivity index is 1.33. The zero-order chi connectivity index (χ0) is 33.5. The minimum Gasteiger partial charge on any atom is -0.503 e.